The van der Waals surface area contributed by atoms with E-state index in [0.717, 1.165) is 13.1 Å². The molecular weight excluding hydrogens is 266 g/mol. The molecule has 1 fully saturated rings. The van der Waals surface area contributed by atoms with Crippen LogP contribution >= 0.6 is 0 Å². The predicted octanol–water partition coefficient (Wildman–Crippen LogP) is 1.91. The Morgan fingerprint density at radius 3 is 2.43 bits per heavy atom. The summed E-state index contributed by atoms with van der Waals surface area (Å²) < 4.78 is 0. The van der Waals surface area contributed by atoms with Gasteiger partial charge in [-0.05, 0) is 37.1 Å². The monoisotopic (exact) mass is 283 g/mol. The second-order valence-electron chi connectivity index (χ2n) is 4.99. The molecule has 6 heteroatoms. The van der Waals surface area contributed by atoms with Crippen molar-refractivity contribution in [3.63, 3.8) is 0 Å². The van der Waals surface area contributed by atoms with Gasteiger partial charge in [0, 0.05) is 36.9 Å². The molecule has 108 valence electrons. The topological polar surface area (TPSA) is 84.1 Å². The SMILES string of the molecule is Nc1nccnc1C(=O)Nc1ccc(N2CCCC2)cc1. The molecule has 1 aromatic carbocycles. The number of anilines is 3. The highest BCUT2D eigenvalue weighted by Crippen LogP contribution is 2.22. The number of nitrogens with two attached hydrogens (primary N) is 1. The van der Waals surface area contributed by atoms with Crippen LogP contribution in [0.2, 0.25) is 0 Å². The Morgan fingerprint density at radius 2 is 1.76 bits per heavy atom. The van der Waals surface area contributed by atoms with Gasteiger partial charge in [-0.2, -0.15) is 0 Å². The van der Waals surface area contributed by atoms with Crippen molar-refractivity contribution in [2.24, 2.45) is 0 Å². The number of nitrogens with one attached hydrogen (secondary N) is 1. The zero-order valence-electron chi connectivity index (χ0n) is 11.6. The molecule has 0 atom stereocenters. The second-order valence-corrected chi connectivity index (χ2v) is 4.99. The van der Waals surface area contributed by atoms with Gasteiger partial charge in [0.25, 0.3) is 5.91 Å². The Labute approximate surface area is 123 Å². The summed E-state index contributed by atoms with van der Waals surface area (Å²) in [6, 6.07) is 7.80. The van der Waals surface area contributed by atoms with E-state index >= 15 is 0 Å². The number of nitrogen functional groups attached to an aromatic ring is 1. The second kappa shape index (κ2) is 5.78. The fourth-order valence-corrected chi connectivity index (χ4v) is 2.44. The summed E-state index contributed by atoms with van der Waals surface area (Å²) in [5, 5.41) is 2.78. The number of rotatable bonds is 3. The van der Waals surface area contributed by atoms with E-state index in [1.54, 1.807) is 0 Å². The van der Waals surface area contributed by atoms with Gasteiger partial charge in [0.2, 0.25) is 0 Å². The fraction of sp³-hybridized carbons (Fsp3) is 0.267. The van der Waals surface area contributed by atoms with E-state index in [2.05, 4.69) is 20.2 Å². The smallest absolute Gasteiger partial charge is 0.278 e. The first-order chi connectivity index (χ1) is 10.2. The van der Waals surface area contributed by atoms with Gasteiger partial charge in [0.05, 0.1) is 0 Å². The first-order valence-corrected chi connectivity index (χ1v) is 6.97. The number of carbonyl (C=O) groups is 1. The highest BCUT2D eigenvalue weighted by Gasteiger charge is 2.14. The van der Waals surface area contributed by atoms with Crippen LogP contribution in [0, 0.1) is 0 Å². The molecule has 0 radical (unpaired) electrons. The normalized spacial score (nSPS) is 14.2. The van der Waals surface area contributed by atoms with Gasteiger partial charge in [0.15, 0.2) is 11.5 Å². The van der Waals surface area contributed by atoms with Crippen molar-refractivity contribution in [3.05, 3.63) is 42.4 Å². The van der Waals surface area contributed by atoms with E-state index in [0.29, 0.717) is 5.69 Å². The molecule has 1 aliphatic heterocycles. The number of nitrogens with zero attached hydrogens (tertiary/aromatic N) is 3. The van der Waals surface area contributed by atoms with Gasteiger partial charge in [0.1, 0.15) is 0 Å². The van der Waals surface area contributed by atoms with E-state index in [1.165, 1.54) is 30.9 Å². The number of aromatic nitrogens is 2. The molecule has 6 nitrogen and oxygen atoms in total. The van der Waals surface area contributed by atoms with E-state index < -0.39 is 0 Å². The molecule has 0 spiro atoms. The van der Waals surface area contributed by atoms with Crippen LogP contribution in [0.15, 0.2) is 36.7 Å². The van der Waals surface area contributed by atoms with Crippen LogP contribution in [0.4, 0.5) is 17.2 Å². The van der Waals surface area contributed by atoms with Crippen molar-refractivity contribution in [3.8, 4) is 0 Å². The van der Waals surface area contributed by atoms with Gasteiger partial charge < -0.3 is 16.0 Å². The third-order valence-corrected chi connectivity index (χ3v) is 3.54. The molecule has 2 aromatic rings. The molecule has 0 bridgehead atoms. The number of amides is 1. The lowest BCUT2D eigenvalue weighted by Crippen LogP contribution is -2.18. The maximum absolute atomic E-state index is 12.1. The highest BCUT2D eigenvalue weighted by atomic mass is 16.1. The molecule has 1 saturated heterocycles. The summed E-state index contributed by atoms with van der Waals surface area (Å²) >= 11 is 0. The molecule has 0 aliphatic carbocycles. The Morgan fingerprint density at radius 1 is 1.10 bits per heavy atom. The van der Waals surface area contributed by atoms with E-state index in [9.17, 15) is 4.79 Å². The van der Waals surface area contributed by atoms with Crippen molar-refractivity contribution >= 4 is 23.1 Å². The minimum Gasteiger partial charge on any atom is -0.382 e. The number of hydrogen-bond acceptors (Lipinski definition) is 5. The molecular formula is C15H17N5O. The molecule has 1 aromatic heterocycles. The molecule has 0 unspecified atom stereocenters. The highest BCUT2D eigenvalue weighted by molar-refractivity contribution is 6.05. The summed E-state index contributed by atoms with van der Waals surface area (Å²) in [4.78, 5) is 22.2. The fourth-order valence-electron chi connectivity index (χ4n) is 2.44. The minimum atomic E-state index is -0.352. The quantitative estimate of drug-likeness (QED) is 0.899. The number of carbonyl (C=O) groups excluding carboxylic acids is 1. The zero-order valence-corrected chi connectivity index (χ0v) is 11.6. The summed E-state index contributed by atoms with van der Waals surface area (Å²) in [6.45, 7) is 2.20. The van der Waals surface area contributed by atoms with Crippen molar-refractivity contribution in [2.45, 2.75) is 12.8 Å². The molecule has 3 N–H and O–H groups in total. The van der Waals surface area contributed by atoms with Crippen LogP contribution in [0.25, 0.3) is 0 Å². The first kappa shape index (κ1) is 13.4. The average molecular weight is 283 g/mol. The van der Waals surface area contributed by atoms with Crippen LogP contribution in [-0.4, -0.2) is 29.0 Å². The summed E-state index contributed by atoms with van der Waals surface area (Å²) in [6.07, 6.45) is 5.38. The first-order valence-electron chi connectivity index (χ1n) is 6.97. The van der Waals surface area contributed by atoms with Crippen LogP contribution in [0.3, 0.4) is 0 Å². The lowest BCUT2D eigenvalue weighted by molar-refractivity contribution is 0.102. The minimum absolute atomic E-state index is 0.128. The van der Waals surface area contributed by atoms with Crippen LogP contribution in [0.5, 0.6) is 0 Å². The Kier molecular flexibility index (Phi) is 3.68. The van der Waals surface area contributed by atoms with Crippen molar-refractivity contribution in [1.82, 2.24) is 9.97 Å². The standard InChI is InChI=1S/C15H17N5O/c16-14-13(17-7-8-18-14)15(21)19-11-3-5-12(6-4-11)20-9-1-2-10-20/h3-8H,1-2,9-10H2,(H2,16,18)(H,19,21). The van der Waals surface area contributed by atoms with Crippen molar-refractivity contribution in [1.29, 1.82) is 0 Å². The average Bonchev–Trinajstić information content (AvgIpc) is 3.02. The van der Waals surface area contributed by atoms with E-state index in [4.69, 9.17) is 5.73 Å². The Balaban J connectivity index is 1.70. The number of hydrogen-bond donors (Lipinski definition) is 2. The lowest BCUT2D eigenvalue weighted by Gasteiger charge is -2.17. The molecule has 3 rings (SSSR count). The summed E-state index contributed by atoms with van der Waals surface area (Å²) in [5.41, 5.74) is 7.68. The van der Waals surface area contributed by atoms with Crippen molar-refractivity contribution < 1.29 is 4.79 Å². The zero-order chi connectivity index (χ0) is 14.7. The molecule has 1 amide bonds. The molecule has 2 heterocycles. The molecule has 0 saturated carbocycles. The van der Waals surface area contributed by atoms with Gasteiger partial charge in [-0.25, -0.2) is 9.97 Å². The third-order valence-electron chi connectivity index (χ3n) is 3.54. The van der Waals surface area contributed by atoms with Crippen molar-refractivity contribution in [2.75, 3.05) is 29.0 Å². The van der Waals surface area contributed by atoms with Gasteiger partial charge >= 0.3 is 0 Å². The van der Waals surface area contributed by atoms with E-state index in [-0.39, 0.29) is 17.4 Å². The lowest BCUT2D eigenvalue weighted by atomic mass is 10.2. The third kappa shape index (κ3) is 2.94. The van der Waals surface area contributed by atoms with Crippen LogP contribution in [0.1, 0.15) is 23.3 Å². The Hall–Kier alpha value is -2.63. The molecule has 21 heavy (non-hydrogen) atoms. The maximum Gasteiger partial charge on any atom is 0.278 e. The molecule has 1 aliphatic rings. The van der Waals surface area contributed by atoms with Gasteiger partial charge in [-0.3, -0.25) is 4.79 Å². The Bertz CT molecular complexity index is 635. The van der Waals surface area contributed by atoms with E-state index in [1.807, 2.05) is 24.3 Å². The van der Waals surface area contributed by atoms with Crippen LogP contribution in [-0.2, 0) is 0 Å². The number of benzene rings is 1. The largest absolute Gasteiger partial charge is 0.382 e. The predicted molar refractivity (Wildman–Crippen MR) is 82.3 cm³/mol. The van der Waals surface area contributed by atoms with Gasteiger partial charge in [-0.15, -0.1) is 0 Å². The van der Waals surface area contributed by atoms with Gasteiger partial charge in [-0.1, -0.05) is 0 Å². The summed E-state index contributed by atoms with van der Waals surface area (Å²) in [7, 11) is 0. The van der Waals surface area contributed by atoms with Crippen LogP contribution < -0.4 is 16.0 Å². The maximum atomic E-state index is 12.1. The summed E-state index contributed by atoms with van der Waals surface area (Å²) in [5.74, 6) is -0.224.